The zero-order valence-corrected chi connectivity index (χ0v) is 5.27. The van der Waals surface area contributed by atoms with Crippen molar-refractivity contribution < 1.29 is 0 Å². The Bertz CT molecular complexity index is 80.9. The lowest BCUT2D eigenvalue weighted by atomic mass is 10.7. The van der Waals surface area contributed by atoms with Crippen molar-refractivity contribution in [3.8, 4) is 0 Å². The highest BCUT2D eigenvalue weighted by atomic mass is 79.9. The summed E-state index contributed by atoms with van der Waals surface area (Å²) in [5.41, 5.74) is 0. The molecule has 6 heavy (non-hydrogen) atoms. The van der Waals surface area contributed by atoms with Gasteiger partial charge in [0.15, 0.2) is 0 Å². The normalized spacial score (nSPS) is 19.8. The van der Waals surface area contributed by atoms with Gasteiger partial charge < -0.3 is 4.72 Å². The van der Waals surface area contributed by atoms with Crippen molar-refractivity contribution >= 4 is 27.9 Å². The highest BCUT2D eigenvalue weighted by Crippen LogP contribution is 2.21. The number of hydrogen-bond acceptors (Lipinski definition) is 2. The Morgan fingerprint density at radius 1 is 2.00 bits per heavy atom. The summed E-state index contributed by atoms with van der Waals surface area (Å²) in [7, 11) is 0. The van der Waals surface area contributed by atoms with Gasteiger partial charge in [-0.3, -0.25) is 0 Å². The lowest BCUT2D eigenvalue weighted by molar-refractivity contribution is 1.45. The Balaban J connectivity index is 2.45. The van der Waals surface area contributed by atoms with Gasteiger partial charge in [-0.1, -0.05) is 15.9 Å². The maximum absolute atomic E-state index is 3.20. The highest BCUT2D eigenvalue weighted by Gasteiger charge is 1.98. The van der Waals surface area contributed by atoms with Crippen molar-refractivity contribution in [2.45, 2.75) is 0 Å². The third-order valence-electron chi connectivity index (χ3n) is 0.393. The molecule has 0 spiro atoms. The average Bonchev–Trinajstić information content (AvgIpc) is 1.86. The van der Waals surface area contributed by atoms with Crippen molar-refractivity contribution in [3.05, 3.63) is 16.4 Å². The van der Waals surface area contributed by atoms with Crippen LogP contribution in [0, 0.1) is 5.75 Å². The van der Waals surface area contributed by atoms with Gasteiger partial charge in [-0.15, -0.1) is 0 Å². The molecule has 2 radical (unpaired) electrons. The molecule has 0 amide bonds. The number of rotatable bonds is 0. The molecule has 1 nitrogen and oxygen atoms in total. The summed E-state index contributed by atoms with van der Waals surface area (Å²) in [4.78, 5) is 0. The van der Waals surface area contributed by atoms with E-state index in [1.807, 2.05) is 6.20 Å². The molecule has 0 aliphatic carbocycles. The summed E-state index contributed by atoms with van der Waals surface area (Å²) < 4.78 is 3.86. The molecule has 0 aromatic carbocycles. The standard InChI is InChI=1S/C3H2BrNS/c4-3-1-5-6-2-3/h1,5H. The molecule has 0 unspecified atom stereocenters. The van der Waals surface area contributed by atoms with E-state index in [0.29, 0.717) is 0 Å². The molecule has 1 heterocycles. The summed E-state index contributed by atoms with van der Waals surface area (Å²) in [6.45, 7) is 0. The van der Waals surface area contributed by atoms with Gasteiger partial charge in [0.25, 0.3) is 0 Å². The van der Waals surface area contributed by atoms with Gasteiger partial charge in [0.1, 0.15) is 5.75 Å². The summed E-state index contributed by atoms with van der Waals surface area (Å²) in [6, 6.07) is 0. The van der Waals surface area contributed by atoms with Crippen LogP contribution in [0.15, 0.2) is 10.7 Å². The molecule has 1 aliphatic heterocycles. The van der Waals surface area contributed by atoms with Crippen molar-refractivity contribution in [2.75, 3.05) is 0 Å². The fourth-order valence-electron chi connectivity index (χ4n) is 0.189. The monoisotopic (exact) mass is 163 g/mol. The minimum atomic E-state index is 0.993. The molecule has 0 aromatic rings. The average molecular weight is 164 g/mol. The molecule has 0 saturated heterocycles. The predicted octanol–water partition coefficient (Wildman–Crippen LogP) is 1.51. The van der Waals surface area contributed by atoms with E-state index in [1.54, 1.807) is 0 Å². The van der Waals surface area contributed by atoms with Crippen LogP contribution in [0.2, 0.25) is 0 Å². The molecular formula is C3H2BrNS. The van der Waals surface area contributed by atoms with Crippen LogP contribution in [-0.2, 0) is 0 Å². The highest BCUT2D eigenvalue weighted by molar-refractivity contribution is 9.12. The summed E-state index contributed by atoms with van der Waals surface area (Å²) >= 11 is 4.65. The van der Waals surface area contributed by atoms with Crippen LogP contribution in [0.25, 0.3) is 0 Å². The Morgan fingerprint density at radius 3 is 3.00 bits per heavy atom. The van der Waals surface area contributed by atoms with Crippen LogP contribution in [0.1, 0.15) is 0 Å². The largest absolute Gasteiger partial charge is 0.335 e. The fraction of sp³-hybridized carbons (Fsp3) is 0. The maximum atomic E-state index is 3.20. The summed E-state index contributed by atoms with van der Waals surface area (Å²) in [5.74, 6) is 2.90. The van der Waals surface area contributed by atoms with E-state index in [4.69, 9.17) is 0 Å². The van der Waals surface area contributed by atoms with E-state index in [1.165, 1.54) is 11.9 Å². The second-order valence-electron chi connectivity index (χ2n) is 0.814. The summed E-state index contributed by atoms with van der Waals surface area (Å²) in [5, 5.41) is 0. The van der Waals surface area contributed by atoms with Crippen molar-refractivity contribution in [1.82, 2.24) is 4.72 Å². The van der Waals surface area contributed by atoms with Crippen molar-refractivity contribution in [2.24, 2.45) is 0 Å². The molecule has 0 fully saturated rings. The Morgan fingerprint density at radius 2 is 2.83 bits per heavy atom. The zero-order valence-electron chi connectivity index (χ0n) is 2.86. The van der Waals surface area contributed by atoms with E-state index in [-0.39, 0.29) is 0 Å². The van der Waals surface area contributed by atoms with E-state index in [9.17, 15) is 0 Å². The number of hydrogen-bond donors (Lipinski definition) is 1. The van der Waals surface area contributed by atoms with E-state index in [0.717, 1.165) is 4.48 Å². The summed E-state index contributed by atoms with van der Waals surface area (Å²) in [6.07, 6.45) is 1.84. The topological polar surface area (TPSA) is 12.0 Å². The SMILES string of the molecule is BrC1=CNS[C]1. The van der Waals surface area contributed by atoms with Crippen LogP contribution in [0.5, 0.6) is 0 Å². The van der Waals surface area contributed by atoms with E-state index >= 15 is 0 Å². The van der Waals surface area contributed by atoms with Gasteiger partial charge in [-0.2, -0.15) is 0 Å². The minimum absolute atomic E-state index is 0.993. The first kappa shape index (κ1) is 4.53. The first-order chi connectivity index (χ1) is 2.89. The molecule has 0 saturated carbocycles. The van der Waals surface area contributed by atoms with Gasteiger partial charge in [0, 0.05) is 10.7 Å². The number of nitrogens with one attached hydrogen (secondary N) is 1. The molecule has 1 N–H and O–H groups in total. The van der Waals surface area contributed by atoms with E-state index in [2.05, 4.69) is 26.4 Å². The molecule has 3 heteroatoms. The molecule has 0 aromatic heterocycles. The Kier molecular flexibility index (Phi) is 1.42. The van der Waals surface area contributed by atoms with E-state index < -0.39 is 0 Å². The predicted molar refractivity (Wildman–Crippen MR) is 31.0 cm³/mol. The minimum Gasteiger partial charge on any atom is -0.335 e. The lowest BCUT2D eigenvalue weighted by Crippen LogP contribution is -1.77. The molecule has 32 valence electrons. The third kappa shape index (κ3) is 0.914. The first-order valence-corrected chi connectivity index (χ1v) is 3.03. The van der Waals surface area contributed by atoms with Crippen LogP contribution in [-0.4, -0.2) is 0 Å². The van der Waals surface area contributed by atoms with Crippen molar-refractivity contribution in [1.29, 1.82) is 0 Å². The molecule has 1 rings (SSSR count). The maximum Gasteiger partial charge on any atom is 0.114 e. The zero-order chi connectivity index (χ0) is 4.41. The Hall–Kier alpha value is 0.370. The van der Waals surface area contributed by atoms with Crippen molar-refractivity contribution in [3.63, 3.8) is 0 Å². The molecule has 1 aliphatic rings. The quantitative estimate of drug-likeness (QED) is 0.544. The van der Waals surface area contributed by atoms with Gasteiger partial charge in [-0.05, 0) is 11.9 Å². The second kappa shape index (κ2) is 1.89. The third-order valence-corrected chi connectivity index (χ3v) is 1.64. The molecule has 0 atom stereocenters. The van der Waals surface area contributed by atoms with Gasteiger partial charge in [-0.25, -0.2) is 0 Å². The van der Waals surface area contributed by atoms with Gasteiger partial charge in [0.05, 0.1) is 0 Å². The number of halogens is 1. The Labute approximate surface area is 49.4 Å². The van der Waals surface area contributed by atoms with Crippen LogP contribution < -0.4 is 4.72 Å². The molecule has 0 bridgehead atoms. The van der Waals surface area contributed by atoms with Crippen LogP contribution >= 0.6 is 27.9 Å². The second-order valence-corrected chi connectivity index (χ2v) is 2.31. The van der Waals surface area contributed by atoms with Gasteiger partial charge >= 0.3 is 0 Å². The fourth-order valence-corrected chi connectivity index (χ4v) is 1.09. The molecular weight excluding hydrogens is 162 g/mol. The smallest absolute Gasteiger partial charge is 0.114 e. The van der Waals surface area contributed by atoms with Crippen LogP contribution in [0.3, 0.4) is 0 Å². The van der Waals surface area contributed by atoms with Crippen LogP contribution in [0.4, 0.5) is 0 Å². The van der Waals surface area contributed by atoms with Gasteiger partial charge in [0.2, 0.25) is 0 Å². The first-order valence-electron chi connectivity index (χ1n) is 1.42. The lowest BCUT2D eigenvalue weighted by Gasteiger charge is -1.76.